The number of halogens is 3. The molecule has 2 aliphatic carbocycles. The van der Waals surface area contributed by atoms with Crippen molar-refractivity contribution in [2.75, 3.05) is 26.5 Å². The molecule has 204 valence electrons. The van der Waals surface area contributed by atoms with Crippen LogP contribution in [0.1, 0.15) is 49.5 Å². The molecule has 12 heteroatoms. The highest BCUT2D eigenvalue weighted by Crippen LogP contribution is 2.48. The molecule has 0 aliphatic heterocycles. The van der Waals surface area contributed by atoms with E-state index in [1.165, 1.54) is 13.4 Å². The van der Waals surface area contributed by atoms with E-state index in [4.69, 9.17) is 21.1 Å². The number of ether oxygens (including phenoxy) is 2. The summed E-state index contributed by atoms with van der Waals surface area (Å²) in [6, 6.07) is 4.95. The Bertz CT molecular complexity index is 1260. The third kappa shape index (κ3) is 6.19. The zero-order valence-corrected chi connectivity index (χ0v) is 22.7. The van der Waals surface area contributed by atoms with Crippen molar-refractivity contribution in [2.24, 2.45) is 11.8 Å². The molecule has 1 aromatic carbocycles. The number of nitrogens with one attached hydrogen (secondary N) is 1. The van der Waals surface area contributed by atoms with E-state index in [9.17, 15) is 22.0 Å². The first kappa shape index (κ1) is 27.6. The molecule has 1 aromatic heterocycles. The van der Waals surface area contributed by atoms with Crippen molar-refractivity contribution in [3.05, 3.63) is 28.9 Å². The molecule has 2 fully saturated rings. The standard InChI is InChI=1S/C25H32ClF2N3O5S/c1-4-31-23(19-10-7-17(11-20(19)35-2)36-14-16-12-25(16,27)28)21(26)22(30-31)24(32)29-13-15-5-8-18(9-6-15)37(3,33)34/h7,10-11,15-16,18H,4-6,8-9,12-14H2,1-3H3,(H,29,32)/t15?,16-,18?/m1/s1. The van der Waals surface area contributed by atoms with E-state index in [1.807, 2.05) is 6.92 Å². The second-order valence-electron chi connectivity index (χ2n) is 9.84. The fourth-order valence-electron chi connectivity index (χ4n) is 4.76. The second-order valence-corrected chi connectivity index (χ2v) is 12.5. The highest BCUT2D eigenvalue weighted by atomic mass is 35.5. The molecule has 2 aliphatic rings. The maximum absolute atomic E-state index is 13.2. The van der Waals surface area contributed by atoms with Crippen LogP contribution in [0.3, 0.4) is 0 Å². The maximum Gasteiger partial charge on any atom is 0.273 e. The minimum atomic E-state index is -3.04. The summed E-state index contributed by atoms with van der Waals surface area (Å²) in [7, 11) is -1.57. The molecular weight excluding hydrogens is 528 g/mol. The zero-order chi connectivity index (χ0) is 27.0. The van der Waals surface area contributed by atoms with Crippen LogP contribution >= 0.6 is 11.6 Å². The Labute approximate surface area is 220 Å². The molecule has 37 heavy (non-hydrogen) atoms. The average molecular weight is 560 g/mol. The van der Waals surface area contributed by atoms with E-state index in [2.05, 4.69) is 10.4 Å². The fraction of sp³-hybridized carbons (Fsp3) is 0.600. The van der Waals surface area contributed by atoms with Gasteiger partial charge in [0, 0.05) is 37.4 Å². The van der Waals surface area contributed by atoms with Gasteiger partial charge in [-0.25, -0.2) is 17.2 Å². The Morgan fingerprint density at radius 1 is 1.27 bits per heavy atom. The summed E-state index contributed by atoms with van der Waals surface area (Å²) < 4.78 is 62.5. The van der Waals surface area contributed by atoms with Crippen LogP contribution < -0.4 is 14.8 Å². The summed E-state index contributed by atoms with van der Waals surface area (Å²) >= 11 is 6.66. The summed E-state index contributed by atoms with van der Waals surface area (Å²) in [4.78, 5) is 13.0. The smallest absolute Gasteiger partial charge is 0.273 e. The number of alkyl halides is 2. The van der Waals surface area contributed by atoms with Crippen molar-refractivity contribution in [3.63, 3.8) is 0 Å². The molecule has 2 saturated carbocycles. The number of hydrogen-bond acceptors (Lipinski definition) is 6. The van der Waals surface area contributed by atoms with Gasteiger partial charge >= 0.3 is 0 Å². The lowest BCUT2D eigenvalue weighted by Gasteiger charge is -2.27. The van der Waals surface area contributed by atoms with E-state index in [0.717, 1.165) is 12.8 Å². The van der Waals surface area contributed by atoms with Gasteiger partial charge in [-0.3, -0.25) is 9.48 Å². The third-order valence-corrected chi connectivity index (χ3v) is 9.24. The van der Waals surface area contributed by atoms with Crippen LogP contribution in [0.5, 0.6) is 11.5 Å². The molecule has 1 N–H and O–H groups in total. The Morgan fingerprint density at radius 2 is 1.95 bits per heavy atom. The van der Waals surface area contributed by atoms with Gasteiger partial charge in [0.25, 0.3) is 11.8 Å². The Hall–Kier alpha value is -2.40. The van der Waals surface area contributed by atoms with Crippen molar-refractivity contribution in [1.82, 2.24) is 15.1 Å². The Kier molecular flexibility index (Phi) is 8.04. The van der Waals surface area contributed by atoms with Crippen LogP contribution in [0.4, 0.5) is 8.78 Å². The van der Waals surface area contributed by atoms with Crippen molar-refractivity contribution in [3.8, 4) is 22.8 Å². The first-order valence-corrected chi connectivity index (χ1v) is 14.7. The monoisotopic (exact) mass is 559 g/mol. The number of aryl methyl sites for hydroxylation is 1. The minimum Gasteiger partial charge on any atom is -0.496 e. The number of methoxy groups -OCH3 is 1. The van der Waals surface area contributed by atoms with E-state index >= 15 is 0 Å². The lowest BCUT2D eigenvalue weighted by Crippen LogP contribution is -2.34. The Balaban J connectivity index is 1.46. The van der Waals surface area contributed by atoms with Gasteiger partial charge in [0.1, 0.15) is 21.3 Å². The highest BCUT2D eigenvalue weighted by Gasteiger charge is 2.57. The van der Waals surface area contributed by atoms with Gasteiger partial charge in [-0.1, -0.05) is 11.6 Å². The number of carbonyl (C=O) groups excluding carboxylic acids is 1. The van der Waals surface area contributed by atoms with Crippen molar-refractivity contribution in [2.45, 2.75) is 56.7 Å². The maximum atomic E-state index is 13.2. The topological polar surface area (TPSA) is 99.5 Å². The molecule has 0 unspecified atom stereocenters. The van der Waals surface area contributed by atoms with Gasteiger partial charge in [0.15, 0.2) is 5.69 Å². The number of sulfone groups is 1. The van der Waals surface area contributed by atoms with Gasteiger partial charge in [-0.2, -0.15) is 5.10 Å². The van der Waals surface area contributed by atoms with E-state index < -0.39 is 27.6 Å². The van der Waals surface area contributed by atoms with E-state index in [-0.39, 0.29) is 34.9 Å². The molecule has 1 amide bonds. The van der Waals surface area contributed by atoms with Gasteiger partial charge in [0.05, 0.1) is 35.6 Å². The lowest BCUT2D eigenvalue weighted by molar-refractivity contribution is 0.0855. The van der Waals surface area contributed by atoms with E-state index in [1.54, 1.807) is 22.9 Å². The van der Waals surface area contributed by atoms with Gasteiger partial charge in [-0.05, 0) is 50.7 Å². The summed E-state index contributed by atoms with van der Waals surface area (Å²) in [5.41, 5.74) is 1.17. The summed E-state index contributed by atoms with van der Waals surface area (Å²) in [6.45, 7) is 2.64. The van der Waals surface area contributed by atoms with E-state index in [0.29, 0.717) is 48.7 Å². The van der Waals surface area contributed by atoms with Gasteiger partial charge in [-0.15, -0.1) is 0 Å². The first-order chi connectivity index (χ1) is 17.4. The predicted octanol–water partition coefficient (Wildman–Crippen LogP) is 4.60. The summed E-state index contributed by atoms with van der Waals surface area (Å²) in [5.74, 6) is -2.84. The molecule has 8 nitrogen and oxygen atoms in total. The minimum absolute atomic E-state index is 0.0800. The summed E-state index contributed by atoms with van der Waals surface area (Å²) in [6.07, 6.45) is 3.75. The van der Waals surface area contributed by atoms with Crippen molar-refractivity contribution < 1.29 is 31.5 Å². The zero-order valence-electron chi connectivity index (χ0n) is 21.1. The Morgan fingerprint density at radius 3 is 2.51 bits per heavy atom. The molecule has 1 atom stereocenters. The molecule has 0 spiro atoms. The number of hydrogen-bond donors (Lipinski definition) is 1. The molecule has 0 bridgehead atoms. The van der Waals surface area contributed by atoms with Crippen molar-refractivity contribution >= 4 is 27.3 Å². The number of benzene rings is 1. The number of carbonyl (C=O) groups is 1. The molecule has 0 saturated heterocycles. The van der Waals surface area contributed by atoms with Crippen LogP contribution in [0.2, 0.25) is 5.02 Å². The van der Waals surface area contributed by atoms with Gasteiger partial charge < -0.3 is 14.8 Å². The second kappa shape index (κ2) is 10.8. The predicted molar refractivity (Wildman–Crippen MR) is 136 cm³/mol. The molecule has 2 aromatic rings. The molecule has 0 radical (unpaired) electrons. The first-order valence-electron chi connectivity index (χ1n) is 12.4. The highest BCUT2D eigenvalue weighted by molar-refractivity contribution is 7.91. The largest absolute Gasteiger partial charge is 0.496 e. The molecule has 4 rings (SSSR count). The number of amides is 1. The number of nitrogens with zero attached hydrogens (tertiary/aromatic N) is 2. The quantitative estimate of drug-likeness (QED) is 0.457. The van der Waals surface area contributed by atoms with Crippen LogP contribution in [-0.4, -0.2) is 61.8 Å². The molecule has 1 heterocycles. The van der Waals surface area contributed by atoms with Crippen LogP contribution in [0.25, 0.3) is 11.3 Å². The van der Waals surface area contributed by atoms with Crippen molar-refractivity contribution in [1.29, 1.82) is 0 Å². The number of aromatic nitrogens is 2. The van der Waals surface area contributed by atoms with Crippen LogP contribution in [-0.2, 0) is 16.4 Å². The fourth-order valence-corrected chi connectivity index (χ4v) is 6.21. The van der Waals surface area contributed by atoms with Gasteiger partial charge in [0.2, 0.25) is 0 Å². The van der Waals surface area contributed by atoms with Crippen LogP contribution in [0, 0.1) is 11.8 Å². The SMILES string of the molecule is CCn1nc(C(=O)NCC2CCC(S(C)(=O)=O)CC2)c(Cl)c1-c1ccc(OC[C@H]2CC2(F)F)cc1OC. The third-order valence-electron chi connectivity index (χ3n) is 7.19. The number of rotatable bonds is 10. The summed E-state index contributed by atoms with van der Waals surface area (Å²) in [5, 5.41) is 7.18. The average Bonchev–Trinajstić information content (AvgIpc) is 3.34. The normalized spacial score (nSPS) is 22.9. The lowest BCUT2D eigenvalue weighted by atomic mass is 9.89. The van der Waals surface area contributed by atoms with Crippen LogP contribution in [0.15, 0.2) is 18.2 Å². The molecular formula is C25H32ClF2N3O5S.